The van der Waals surface area contributed by atoms with E-state index in [-0.39, 0.29) is 34.0 Å². The van der Waals surface area contributed by atoms with E-state index in [1.165, 1.54) is 12.3 Å². The van der Waals surface area contributed by atoms with Crippen molar-refractivity contribution in [1.82, 2.24) is 15.6 Å². The number of hydrogen-bond donors (Lipinski definition) is 2. The third-order valence-electron chi connectivity index (χ3n) is 5.88. The second-order valence-electron chi connectivity index (χ2n) is 8.16. The monoisotopic (exact) mass is 447 g/mol. The Morgan fingerprint density at radius 3 is 2.39 bits per heavy atom. The van der Waals surface area contributed by atoms with Gasteiger partial charge in [0.1, 0.15) is 0 Å². The highest BCUT2D eigenvalue weighted by Gasteiger charge is 2.53. The molecule has 0 radical (unpaired) electrons. The topological polar surface area (TPSA) is 63.2 Å². The molecule has 0 bridgehead atoms. The molecule has 1 aromatic heterocycles. The molecule has 4 rings (SSSR count). The molecule has 1 aromatic carbocycles. The van der Waals surface area contributed by atoms with Crippen molar-refractivity contribution in [2.75, 3.05) is 0 Å². The molecule has 168 valence electrons. The number of amides is 1. The summed E-state index contributed by atoms with van der Waals surface area (Å²) in [6.45, 7) is -3.17. The van der Waals surface area contributed by atoms with E-state index in [9.17, 15) is 31.1 Å². The second-order valence-corrected chi connectivity index (χ2v) is 8.16. The van der Waals surface area contributed by atoms with Crippen LogP contribution in [-0.4, -0.2) is 42.3 Å². The average molecular weight is 447 g/mol. The summed E-state index contributed by atoms with van der Waals surface area (Å²) in [6, 6.07) is 2.99. The lowest BCUT2D eigenvalue weighted by atomic mass is 9.52. The van der Waals surface area contributed by atoms with Crippen molar-refractivity contribution in [3.05, 3.63) is 35.8 Å². The van der Waals surface area contributed by atoms with E-state index in [1.54, 1.807) is 0 Å². The first kappa shape index (κ1) is 21.7. The van der Waals surface area contributed by atoms with Crippen LogP contribution in [0.1, 0.15) is 36.0 Å². The van der Waals surface area contributed by atoms with Crippen molar-refractivity contribution in [3.63, 3.8) is 0 Å². The number of rotatable bonds is 7. The summed E-state index contributed by atoms with van der Waals surface area (Å²) in [5, 5.41) is 5.35. The summed E-state index contributed by atoms with van der Waals surface area (Å²) in [5.41, 5.74) is 0.309. The third kappa shape index (κ3) is 4.56. The van der Waals surface area contributed by atoms with Crippen LogP contribution < -0.4 is 15.4 Å². The van der Waals surface area contributed by atoms with Gasteiger partial charge < -0.3 is 10.1 Å². The third-order valence-corrected chi connectivity index (χ3v) is 5.88. The number of aromatic nitrogens is 1. The highest BCUT2D eigenvalue weighted by Crippen LogP contribution is 2.56. The van der Waals surface area contributed by atoms with Gasteiger partial charge in [-0.1, -0.05) is 0 Å². The van der Waals surface area contributed by atoms with Crippen LogP contribution in [-0.2, 0) is 0 Å². The molecular weight excluding hydrogens is 428 g/mol. The minimum atomic E-state index is -3.17. The molecule has 2 aromatic rings. The molecule has 1 heterocycles. The summed E-state index contributed by atoms with van der Waals surface area (Å²) in [4.78, 5) is 16.5. The maximum absolute atomic E-state index is 13.9. The number of ether oxygens (including phenoxy) is 1. The quantitative estimate of drug-likeness (QED) is 0.494. The van der Waals surface area contributed by atoms with Crippen LogP contribution in [0.15, 0.2) is 24.4 Å². The fourth-order valence-corrected chi connectivity index (χ4v) is 4.53. The molecule has 1 atom stereocenters. The van der Waals surface area contributed by atoms with Gasteiger partial charge in [0, 0.05) is 29.7 Å². The van der Waals surface area contributed by atoms with E-state index in [1.807, 2.05) is 0 Å². The van der Waals surface area contributed by atoms with Crippen molar-refractivity contribution >= 4 is 16.8 Å². The van der Waals surface area contributed by atoms with Crippen LogP contribution in [0.25, 0.3) is 10.9 Å². The van der Waals surface area contributed by atoms with Crippen LogP contribution in [0.3, 0.4) is 0 Å². The van der Waals surface area contributed by atoms with Gasteiger partial charge in [0.2, 0.25) is 6.30 Å². The van der Waals surface area contributed by atoms with Crippen molar-refractivity contribution in [1.29, 1.82) is 0 Å². The van der Waals surface area contributed by atoms with E-state index < -0.39 is 36.8 Å². The molecule has 1 unspecified atom stereocenters. The first-order valence-electron chi connectivity index (χ1n) is 9.67. The zero-order valence-corrected chi connectivity index (χ0v) is 16.1. The van der Waals surface area contributed by atoms with Crippen LogP contribution in [0, 0.1) is 11.2 Å². The molecule has 2 aliphatic rings. The summed E-state index contributed by atoms with van der Waals surface area (Å²) in [7, 11) is 0. The highest BCUT2D eigenvalue weighted by molar-refractivity contribution is 5.97. The maximum atomic E-state index is 13.9. The Bertz CT molecular complexity index is 975. The molecule has 0 saturated heterocycles. The number of benzene rings is 1. The summed E-state index contributed by atoms with van der Waals surface area (Å²) in [5.74, 6) is -2.05. The number of hydrogen-bond acceptors (Lipinski definition) is 4. The zero-order chi connectivity index (χ0) is 22.3. The Balaban J connectivity index is 1.32. The number of fused-ring (bicyclic) bond motifs is 1. The molecule has 2 aliphatic carbocycles. The van der Waals surface area contributed by atoms with Gasteiger partial charge in [0.25, 0.3) is 12.3 Å². The Labute approximate surface area is 173 Å². The largest absolute Gasteiger partial charge is 0.432 e. The number of alkyl halides is 5. The summed E-state index contributed by atoms with van der Waals surface area (Å²) in [6.07, 6.45) is -1.67. The Morgan fingerprint density at radius 1 is 1.06 bits per heavy atom. The van der Waals surface area contributed by atoms with E-state index in [0.29, 0.717) is 25.7 Å². The normalized spacial score (nSPS) is 26.1. The lowest BCUT2D eigenvalue weighted by Gasteiger charge is -2.58. The molecule has 0 aliphatic heterocycles. The summed E-state index contributed by atoms with van der Waals surface area (Å²) < 4.78 is 80.2. The molecule has 2 saturated carbocycles. The van der Waals surface area contributed by atoms with Gasteiger partial charge in [0.05, 0.1) is 11.1 Å². The number of pyridine rings is 1. The molecular formula is C20H19F6N3O2. The lowest BCUT2D eigenvalue weighted by molar-refractivity contribution is -0.0550. The molecule has 11 heteroatoms. The standard InChI is InChI=1S/C20H19F6N3O2/c21-13-2-9-1-10(8-27-14(9)3-15(13)31-19(25)26)18(30)29-12-6-20(7-12)4-11(5-20)28-17(24)16(22)23/h1-3,8,11-12,16-17,19,28H,4-7H2,(H,29,30). The van der Waals surface area contributed by atoms with Gasteiger partial charge in [-0.05, 0) is 43.2 Å². The van der Waals surface area contributed by atoms with Gasteiger partial charge in [-0.15, -0.1) is 0 Å². The van der Waals surface area contributed by atoms with Crippen molar-refractivity contribution in [2.45, 2.75) is 57.1 Å². The van der Waals surface area contributed by atoms with Crippen LogP contribution in [0.4, 0.5) is 26.3 Å². The predicted molar refractivity (Wildman–Crippen MR) is 98.3 cm³/mol. The Kier molecular flexibility index (Phi) is 5.71. The van der Waals surface area contributed by atoms with Gasteiger partial charge in [-0.3, -0.25) is 15.1 Å². The van der Waals surface area contributed by atoms with Crippen molar-refractivity contribution in [3.8, 4) is 5.75 Å². The Morgan fingerprint density at radius 2 is 1.74 bits per heavy atom. The first-order chi connectivity index (χ1) is 14.6. The highest BCUT2D eigenvalue weighted by atomic mass is 19.3. The van der Waals surface area contributed by atoms with E-state index in [2.05, 4.69) is 20.4 Å². The summed E-state index contributed by atoms with van der Waals surface area (Å²) >= 11 is 0. The van der Waals surface area contributed by atoms with Crippen LogP contribution in [0.2, 0.25) is 0 Å². The Hall–Kier alpha value is -2.56. The molecule has 2 fully saturated rings. The molecule has 1 spiro atoms. The fraction of sp³-hybridized carbons (Fsp3) is 0.500. The van der Waals surface area contributed by atoms with Gasteiger partial charge in [-0.2, -0.15) is 8.78 Å². The predicted octanol–water partition coefficient (Wildman–Crippen LogP) is 4.17. The number of halogens is 6. The second kappa shape index (κ2) is 8.18. The molecule has 5 nitrogen and oxygen atoms in total. The number of nitrogens with one attached hydrogen (secondary N) is 2. The molecule has 1 amide bonds. The molecule has 31 heavy (non-hydrogen) atoms. The zero-order valence-electron chi connectivity index (χ0n) is 16.1. The van der Waals surface area contributed by atoms with Gasteiger partial charge >= 0.3 is 6.61 Å². The van der Waals surface area contributed by atoms with Gasteiger partial charge in [-0.25, -0.2) is 17.6 Å². The van der Waals surface area contributed by atoms with E-state index >= 15 is 0 Å². The van der Waals surface area contributed by atoms with Gasteiger partial charge in [0.15, 0.2) is 11.6 Å². The van der Waals surface area contributed by atoms with E-state index in [4.69, 9.17) is 0 Å². The fourth-order valence-electron chi connectivity index (χ4n) is 4.53. The van der Waals surface area contributed by atoms with E-state index in [0.717, 1.165) is 12.1 Å². The molecule has 2 N–H and O–H groups in total. The minimum absolute atomic E-state index is 0.0662. The lowest BCUT2D eigenvalue weighted by Crippen LogP contribution is -2.61. The SMILES string of the molecule is O=C(NC1CC2(C1)CC(NC(F)C(F)F)C2)c1cnc2cc(OC(F)F)c(F)cc2c1. The van der Waals surface area contributed by atoms with Crippen LogP contribution >= 0.6 is 0 Å². The first-order valence-corrected chi connectivity index (χ1v) is 9.67. The number of carbonyl (C=O) groups excluding carboxylic acids is 1. The number of nitrogens with zero attached hydrogens (tertiary/aromatic N) is 1. The van der Waals surface area contributed by atoms with Crippen LogP contribution in [0.5, 0.6) is 5.75 Å². The van der Waals surface area contributed by atoms with Crippen molar-refractivity contribution in [2.24, 2.45) is 5.41 Å². The maximum Gasteiger partial charge on any atom is 0.387 e. The van der Waals surface area contributed by atoms with Crippen molar-refractivity contribution < 1.29 is 35.9 Å². The minimum Gasteiger partial charge on any atom is -0.432 e. The smallest absolute Gasteiger partial charge is 0.387 e. The average Bonchev–Trinajstić information content (AvgIpc) is 2.64. The number of carbonyl (C=O) groups is 1.